The van der Waals surface area contributed by atoms with Gasteiger partial charge in [-0.05, 0) is 12.1 Å². The van der Waals surface area contributed by atoms with Crippen molar-refractivity contribution in [2.75, 3.05) is 12.4 Å². The Balaban J connectivity index is 2.77. The van der Waals surface area contributed by atoms with Crippen LogP contribution in [0.3, 0.4) is 0 Å². The number of amides is 2. The molecule has 0 aromatic heterocycles. The quantitative estimate of drug-likeness (QED) is 0.726. The molecule has 0 aliphatic carbocycles. The van der Waals surface area contributed by atoms with Crippen LogP contribution >= 0.6 is 11.6 Å². The maximum Gasteiger partial charge on any atom is 0.240 e. The molecule has 1 unspecified atom stereocenters. The number of nitrogens with one attached hydrogen (secondary N) is 2. The minimum atomic E-state index is -0.783. The fourth-order valence-corrected chi connectivity index (χ4v) is 1.47. The lowest BCUT2D eigenvalue weighted by molar-refractivity contribution is -0.125. The summed E-state index contributed by atoms with van der Waals surface area (Å²) in [5, 5.41) is 5.74. The van der Waals surface area contributed by atoms with E-state index in [1.54, 1.807) is 24.3 Å². The zero-order valence-electron chi connectivity index (χ0n) is 9.37. The van der Waals surface area contributed by atoms with Crippen LogP contribution in [-0.4, -0.2) is 24.9 Å². The van der Waals surface area contributed by atoms with Gasteiger partial charge in [0.2, 0.25) is 11.8 Å². The van der Waals surface area contributed by atoms with Gasteiger partial charge in [-0.1, -0.05) is 23.7 Å². The molecule has 1 rings (SSSR count). The summed E-state index contributed by atoms with van der Waals surface area (Å²) in [4.78, 5) is 22.4. The minimum Gasteiger partial charge on any atom is -0.372 e. The monoisotopic (exact) mass is 255 g/mol. The zero-order valence-corrected chi connectivity index (χ0v) is 10.1. The number of para-hydroxylation sites is 1. The molecule has 0 radical (unpaired) electrons. The van der Waals surface area contributed by atoms with Gasteiger partial charge >= 0.3 is 0 Å². The third kappa shape index (κ3) is 3.96. The van der Waals surface area contributed by atoms with E-state index in [-0.39, 0.29) is 12.3 Å². The van der Waals surface area contributed by atoms with E-state index in [1.165, 1.54) is 7.05 Å². The Morgan fingerprint density at radius 2 is 2.06 bits per heavy atom. The Labute approximate surface area is 104 Å². The van der Waals surface area contributed by atoms with Crippen LogP contribution < -0.4 is 16.4 Å². The Morgan fingerprint density at radius 1 is 1.41 bits per heavy atom. The Morgan fingerprint density at radius 3 is 2.59 bits per heavy atom. The number of carbonyl (C=O) groups is 2. The fraction of sp³-hybridized carbons (Fsp3) is 0.273. The van der Waals surface area contributed by atoms with E-state index >= 15 is 0 Å². The van der Waals surface area contributed by atoms with Gasteiger partial charge in [0, 0.05) is 7.05 Å². The van der Waals surface area contributed by atoms with E-state index in [9.17, 15) is 9.59 Å². The lowest BCUT2D eigenvalue weighted by atomic mass is 10.1. The van der Waals surface area contributed by atoms with Gasteiger partial charge in [-0.3, -0.25) is 9.59 Å². The molecule has 4 N–H and O–H groups in total. The van der Waals surface area contributed by atoms with E-state index < -0.39 is 11.9 Å². The topological polar surface area (TPSA) is 84.2 Å². The highest BCUT2D eigenvalue weighted by Crippen LogP contribution is 2.21. The lowest BCUT2D eigenvalue weighted by Gasteiger charge is -2.16. The first-order valence-corrected chi connectivity index (χ1v) is 5.43. The number of primary amides is 1. The van der Waals surface area contributed by atoms with Crippen molar-refractivity contribution in [1.82, 2.24) is 5.32 Å². The standard InChI is InChI=1S/C11H14ClN3O2/c1-14-10(16)6-9(11(13)17)15-8-5-3-2-4-7(8)12/h2-5,9,15H,6H2,1H3,(H2,13,17)(H,14,16). The van der Waals surface area contributed by atoms with Crippen molar-refractivity contribution in [3.05, 3.63) is 29.3 Å². The first-order chi connectivity index (χ1) is 8.04. The molecule has 0 aliphatic heterocycles. The predicted molar refractivity (Wildman–Crippen MR) is 66.7 cm³/mol. The van der Waals surface area contributed by atoms with Crippen LogP contribution in [0.1, 0.15) is 6.42 Å². The summed E-state index contributed by atoms with van der Waals surface area (Å²) in [5.41, 5.74) is 5.78. The van der Waals surface area contributed by atoms with Gasteiger partial charge in [0.05, 0.1) is 17.1 Å². The molecule has 17 heavy (non-hydrogen) atoms. The van der Waals surface area contributed by atoms with Gasteiger partial charge in [-0.25, -0.2) is 0 Å². The lowest BCUT2D eigenvalue weighted by Crippen LogP contribution is -2.39. The molecule has 0 heterocycles. The summed E-state index contributed by atoms with van der Waals surface area (Å²) < 4.78 is 0. The minimum absolute atomic E-state index is 0.0307. The molecule has 1 aromatic rings. The van der Waals surface area contributed by atoms with Crippen molar-refractivity contribution in [2.24, 2.45) is 5.73 Å². The van der Waals surface area contributed by atoms with Crippen LogP contribution in [-0.2, 0) is 9.59 Å². The number of nitrogens with two attached hydrogens (primary N) is 1. The van der Waals surface area contributed by atoms with Crippen molar-refractivity contribution in [2.45, 2.75) is 12.5 Å². The van der Waals surface area contributed by atoms with E-state index in [0.29, 0.717) is 10.7 Å². The smallest absolute Gasteiger partial charge is 0.240 e. The number of hydrogen-bond acceptors (Lipinski definition) is 3. The maximum absolute atomic E-state index is 11.2. The molecular weight excluding hydrogens is 242 g/mol. The summed E-state index contributed by atoms with van der Waals surface area (Å²) in [5.74, 6) is -0.873. The van der Waals surface area contributed by atoms with Crippen molar-refractivity contribution in [1.29, 1.82) is 0 Å². The molecule has 0 bridgehead atoms. The number of benzene rings is 1. The average molecular weight is 256 g/mol. The molecule has 5 nitrogen and oxygen atoms in total. The van der Waals surface area contributed by atoms with Gasteiger partial charge in [0.15, 0.2) is 0 Å². The van der Waals surface area contributed by atoms with Gasteiger partial charge in [0.25, 0.3) is 0 Å². The van der Waals surface area contributed by atoms with E-state index in [0.717, 1.165) is 0 Å². The molecule has 1 atom stereocenters. The second-order valence-electron chi connectivity index (χ2n) is 3.46. The largest absolute Gasteiger partial charge is 0.372 e. The Kier molecular flexibility index (Phi) is 4.78. The second kappa shape index (κ2) is 6.10. The second-order valence-corrected chi connectivity index (χ2v) is 3.86. The van der Waals surface area contributed by atoms with Crippen molar-refractivity contribution in [3.63, 3.8) is 0 Å². The maximum atomic E-state index is 11.2. The SMILES string of the molecule is CNC(=O)CC(Nc1ccccc1Cl)C(N)=O. The molecule has 0 aliphatic rings. The predicted octanol–water partition coefficient (Wildman–Crippen LogP) is 0.742. The van der Waals surface area contributed by atoms with Crippen LogP contribution in [0.5, 0.6) is 0 Å². The van der Waals surface area contributed by atoms with Gasteiger partial charge in [0.1, 0.15) is 6.04 Å². The molecule has 2 amide bonds. The molecule has 0 saturated carbocycles. The average Bonchev–Trinajstić information content (AvgIpc) is 2.30. The van der Waals surface area contributed by atoms with Crippen LogP contribution in [0, 0.1) is 0 Å². The molecule has 0 saturated heterocycles. The number of hydrogen-bond donors (Lipinski definition) is 3. The Hall–Kier alpha value is -1.75. The number of carbonyl (C=O) groups excluding carboxylic acids is 2. The van der Waals surface area contributed by atoms with Crippen molar-refractivity contribution < 1.29 is 9.59 Å². The van der Waals surface area contributed by atoms with Crippen LogP contribution in [0.15, 0.2) is 24.3 Å². The van der Waals surface area contributed by atoms with Gasteiger partial charge in [-0.15, -0.1) is 0 Å². The molecular formula is C11H14ClN3O2. The third-order valence-corrected chi connectivity index (χ3v) is 2.54. The van der Waals surface area contributed by atoms with Crippen LogP contribution in [0.2, 0.25) is 5.02 Å². The van der Waals surface area contributed by atoms with E-state index in [1.807, 2.05) is 0 Å². The first kappa shape index (κ1) is 13.3. The van der Waals surface area contributed by atoms with Crippen molar-refractivity contribution >= 4 is 29.1 Å². The van der Waals surface area contributed by atoms with Gasteiger partial charge in [-0.2, -0.15) is 0 Å². The molecule has 92 valence electrons. The van der Waals surface area contributed by atoms with E-state index in [4.69, 9.17) is 17.3 Å². The molecule has 1 aromatic carbocycles. The third-order valence-electron chi connectivity index (χ3n) is 2.22. The summed E-state index contributed by atoms with van der Waals surface area (Å²) in [7, 11) is 1.50. The fourth-order valence-electron chi connectivity index (χ4n) is 1.28. The Bertz CT molecular complexity index is 423. The molecule has 0 spiro atoms. The summed E-state index contributed by atoms with van der Waals surface area (Å²) in [6.45, 7) is 0. The van der Waals surface area contributed by atoms with Gasteiger partial charge < -0.3 is 16.4 Å². The summed E-state index contributed by atoms with van der Waals surface area (Å²) in [6, 6.07) is 6.15. The van der Waals surface area contributed by atoms with Crippen LogP contribution in [0.4, 0.5) is 5.69 Å². The normalized spacial score (nSPS) is 11.6. The summed E-state index contributed by atoms with van der Waals surface area (Å²) in [6.07, 6.45) is -0.0307. The zero-order chi connectivity index (χ0) is 12.8. The van der Waals surface area contributed by atoms with E-state index in [2.05, 4.69) is 10.6 Å². The molecule has 6 heteroatoms. The number of rotatable bonds is 5. The number of anilines is 1. The van der Waals surface area contributed by atoms with Crippen LogP contribution in [0.25, 0.3) is 0 Å². The highest BCUT2D eigenvalue weighted by molar-refractivity contribution is 6.33. The number of halogens is 1. The highest BCUT2D eigenvalue weighted by Gasteiger charge is 2.19. The highest BCUT2D eigenvalue weighted by atomic mass is 35.5. The summed E-state index contributed by atoms with van der Waals surface area (Å²) >= 11 is 5.93. The first-order valence-electron chi connectivity index (χ1n) is 5.05. The van der Waals surface area contributed by atoms with Crippen molar-refractivity contribution in [3.8, 4) is 0 Å². The molecule has 0 fully saturated rings.